The molecule has 0 atom stereocenters. The highest BCUT2D eigenvalue weighted by atomic mass is 79.9. The number of piperidine rings is 1. The van der Waals surface area contributed by atoms with Crippen LogP contribution in [0.3, 0.4) is 0 Å². The van der Waals surface area contributed by atoms with Crippen LogP contribution < -0.4 is 4.74 Å². The largest absolute Gasteiger partial charge is 0.492 e. The summed E-state index contributed by atoms with van der Waals surface area (Å²) in [6.07, 6.45) is 1.66. The van der Waals surface area contributed by atoms with E-state index in [1.807, 2.05) is 31.3 Å². The predicted molar refractivity (Wildman–Crippen MR) is 97.6 cm³/mol. The number of nitrogens with zero attached hydrogens (tertiary/aromatic N) is 2. The molecule has 1 amide bonds. The van der Waals surface area contributed by atoms with Gasteiger partial charge in [-0.15, -0.1) is 0 Å². The zero-order valence-corrected chi connectivity index (χ0v) is 16.2. The average molecular weight is 413 g/mol. The molecule has 1 aromatic rings. The first-order valence-corrected chi connectivity index (χ1v) is 9.48. The minimum absolute atomic E-state index is 0.114. The summed E-state index contributed by atoms with van der Waals surface area (Å²) in [6, 6.07) is 7.68. The van der Waals surface area contributed by atoms with Crippen molar-refractivity contribution in [2.45, 2.75) is 18.6 Å². The Morgan fingerprint density at radius 3 is 2.52 bits per heavy atom. The molecule has 0 aromatic heterocycles. The number of likely N-dealkylation sites (N-methyl/N-ethyl adjacent to an activating group) is 1. The summed E-state index contributed by atoms with van der Waals surface area (Å²) in [5.74, 6) is 0.537. The number of carbonyl (C=O) groups is 1. The van der Waals surface area contributed by atoms with Crippen molar-refractivity contribution in [1.29, 1.82) is 0 Å². The highest BCUT2D eigenvalue weighted by molar-refractivity contribution is 9.10. The van der Waals surface area contributed by atoms with E-state index >= 15 is 0 Å². The van der Waals surface area contributed by atoms with Gasteiger partial charge in [-0.1, -0.05) is 15.9 Å². The van der Waals surface area contributed by atoms with Crippen LogP contribution in [0.4, 0.5) is 0 Å². The van der Waals surface area contributed by atoms with Crippen LogP contribution in [0.25, 0.3) is 0 Å². The van der Waals surface area contributed by atoms with Gasteiger partial charge in [0.1, 0.15) is 12.4 Å². The molecule has 0 radical (unpaired) electrons. The predicted octanol–water partition coefficient (Wildman–Crippen LogP) is 2.13. The molecule has 2 aliphatic heterocycles. The number of likely N-dealkylation sites (tertiary alicyclic amines) is 1. The van der Waals surface area contributed by atoms with E-state index in [2.05, 4.69) is 20.8 Å². The highest BCUT2D eigenvalue weighted by Gasteiger charge is 2.40. The fraction of sp³-hybridized carbons (Fsp3) is 0.611. The Labute approximate surface area is 157 Å². The van der Waals surface area contributed by atoms with E-state index in [-0.39, 0.29) is 11.7 Å². The maximum atomic E-state index is 12.4. The van der Waals surface area contributed by atoms with Crippen molar-refractivity contribution < 1.29 is 19.0 Å². The van der Waals surface area contributed by atoms with Crippen LogP contribution in [0.1, 0.15) is 12.8 Å². The second-order valence-corrected chi connectivity index (χ2v) is 7.42. The Bertz CT molecular complexity index is 565. The summed E-state index contributed by atoms with van der Waals surface area (Å²) in [4.78, 5) is 16.3. The van der Waals surface area contributed by atoms with Gasteiger partial charge in [-0.05, 0) is 24.3 Å². The molecular weight excluding hydrogens is 388 g/mol. The third-order valence-electron chi connectivity index (χ3n) is 4.73. The molecule has 0 N–H and O–H groups in total. The highest BCUT2D eigenvalue weighted by Crippen LogP contribution is 2.31. The van der Waals surface area contributed by atoms with Crippen molar-refractivity contribution in [3.63, 3.8) is 0 Å². The number of hydrogen-bond donors (Lipinski definition) is 0. The van der Waals surface area contributed by atoms with E-state index in [4.69, 9.17) is 14.2 Å². The maximum Gasteiger partial charge on any atom is 0.236 e. The Kier molecular flexibility index (Phi) is 6.33. The summed E-state index contributed by atoms with van der Waals surface area (Å²) in [5.41, 5.74) is 0. The van der Waals surface area contributed by atoms with Gasteiger partial charge < -0.3 is 19.1 Å². The first-order valence-electron chi connectivity index (χ1n) is 8.69. The third kappa shape index (κ3) is 5.17. The molecule has 0 saturated carbocycles. The molecule has 2 fully saturated rings. The second kappa shape index (κ2) is 8.49. The Morgan fingerprint density at radius 2 is 1.88 bits per heavy atom. The summed E-state index contributed by atoms with van der Waals surface area (Å²) in [7, 11) is 1.82. The molecule has 0 bridgehead atoms. The molecule has 1 aromatic carbocycles. The van der Waals surface area contributed by atoms with Gasteiger partial charge in [-0.2, -0.15) is 0 Å². The number of benzene rings is 1. The summed E-state index contributed by atoms with van der Waals surface area (Å²) in [6.45, 7) is 4.50. The summed E-state index contributed by atoms with van der Waals surface area (Å²) >= 11 is 3.39. The third-order valence-corrected chi connectivity index (χ3v) is 5.25. The molecule has 1 spiro atoms. The van der Waals surface area contributed by atoms with Gasteiger partial charge in [0.05, 0.1) is 26.3 Å². The molecule has 138 valence electrons. The molecule has 6 nitrogen and oxygen atoms in total. The van der Waals surface area contributed by atoms with E-state index < -0.39 is 0 Å². The van der Waals surface area contributed by atoms with Crippen molar-refractivity contribution in [2.24, 2.45) is 0 Å². The lowest BCUT2D eigenvalue weighted by Crippen LogP contribution is -2.48. The fourth-order valence-electron chi connectivity index (χ4n) is 3.11. The van der Waals surface area contributed by atoms with E-state index in [1.165, 1.54) is 0 Å². The lowest BCUT2D eigenvalue weighted by Gasteiger charge is -2.37. The topological polar surface area (TPSA) is 51.2 Å². The maximum absolute atomic E-state index is 12.4. The van der Waals surface area contributed by atoms with E-state index in [1.54, 1.807) is 4.90 Å². The monoisotopic (exact) mass is 412 g/mol. The standard InChI is InChI=1S/C18H25BrN2O4/c1-20(10-11-23-16-4-2-15(19)3-5-16)17(22)14-21-8-6-18(7-9-21)24-12-13-25-18/h2-5H,6-14H2,1H3. The fourth-order valence-corrected chi connectivity index (χ4v) is 3.37. The zero-order valence-electron chi connectivity index (χ0n) is 14.6. The molecule has 0 unspecified atom stereocenters. The van der Waals surface area contributed by atoms with Crippen LogP contribution in [-0.2, 0) is 14.3 Å². The van der Waals surface area contributed by atoms with Gasteiger partial charge in [0.25, 0.3) is 0 Å². The van der Waals surface area contributed by atoms with Gasteiger partial charge in [-0.3, -0.25) is 9.69 Å². The van der Waals surface area contributed by atoms with Gasteiger partial charge >= 0.3 is 0 Å². The van der Waals surface area contributed by atoms with Gasteiger partial charge in [0, 0.05) is 37.5 Å². The van der Waals surface area contributed by atoms with E-state index in [0.29, 0.717) is 32.9 Å². The summed E-state index contributed by atoms with van der Waals surface area (Å²) in [5, 5.41) is 0. The quantitative estimate of drug-likeness (QED) is 0.716. The smallest absolute Gasteiger partial charge is 0.236 e. The van der Waals surface area contributed by atoms with Crippen molar-refractivity contribution in [3.8, 4) is 5.75 Å². The van der Waals surface area contributed by atoms with Crippen molar-refractivity contribution in [1.82, 2.24) is 9.80 Å². The van der Waals surface area contributed by atoms with Crippen molar-refractivity contribution in [2.75, 3.05) is 53.0 Å². The number of halogens is 1. The first kappa shape index (κ1) is 18.6. The second-order valence-electron chi connectivity index (χ2n) is 6.50. The molecule has 2 heterocycles. The van der Waals surface area contributed by atoms with Crippen molar-refractivity contribution >= 4 is 21.8 Å². The Hall–Kier alpha value is -1.15. The number of hydrogen-bond acceptors (Lipinski definition) is 5. The van der Waals surface area contributed by atoms with E-state index in [0.717, 1.165) is 36.2 Å². The number of ether oxygens (including phenoxy) is 3. The first-order chi connectivity index (χ1) is 12.1. The Morgan fingerprint density at radius 1 is 1.24 bits per heavy atom. The molecule has 25 heavy (non-hydrogen) atoms. The Balaban J connectivity index is 1.35. The number of carbonyl (C=O) groups excluding carboxylic acids is 1. The van der Waals surface area contributed by atoms with Crippen molar-refractivity contribution in [3.05, 3.63) is 28.7 Å². The lowest BCUT2D eigenvalue weighted by molar-refractivity contribution is -0.186. The lowest BCUT2D eigenvalue weighted by atomic mass is 10.0. The number of rotatable bonds is 6. The number of amides is 1. The van der Waals surface area contributed by atoms with Crippen LogP contribution in [0.5, 0.6) is 5.75 Å². The molecule has 0 aliphatic carbocycles. The van der Waals surface area contributed by atoms with Crippen LogP contribution in [0.2, 0.25) is 0 Å². The SMILES string of the molecule is CN(CCOc1ccc(Br)cc1)C(=O)CN1CCC2(CC1)OCCO2. The molecule has 3 rings (SSSR count). The minimum atomic E-state index is -0.385. The van der Waals surface area contributed by atoms with Gasteiger partial charge in [0.15, 0.2) is 5.79 Å². The van der Waals surface area contributed by atoms with Crippen LogP contribution in [0.15, 0.2) is 28.7 Å². The van der Waals surface area contributed by atoms with Crippen LogP contribution in [-0.4, -0.2) is 74.5 Å². The van der Waals surface area contributed by atoms with Gasteiger partial charge in [0.2, 0.25) is 5.91 Å². The molecular formula is C18H25BrN2O4. The molecule has 2 aliphatic rings. The molecule has 2 saturated heterocycles. The average Bonchev–Trinajstić information content (AvgIpc) is 3.07. The zero-order chi connectivity index (χ0) is 17.7. The minimum Gasteiger partial charge on any atom is -0.492 e. The molecule has 7 heteroatoms. The van der Waals surface area contributed by atoms with Crippen LogP contribution >= 0.6 is 15.9 Å². The summed E-state index contributed by atoms with van der Waals surface area (Å²) < 4.78 is 18.1. The van der Waals surface area contributed by atoms with Gasteiger partial charge in [-0.25, -0.2) is 0 Å². The van der Waals surface area contributed by atoms with Crippen LogP contribution in [0, 0.1) is 0 Å². The van der Waals surface area contributed by atoms with E-state index in [9.17, 15) is 4.79 Å². The normalized spacial score (nSPS) is 19.9.